The van der Waals surface area contributed by atoms with E-state index in [2.05, 4.69) is 13.0 Å². The van der Waals surface area contributed by atoms with E-state index in [4.69, 9.17) is 10.00 Å². The van der Waals surface area contributed by atoms with E-state index in [0.29, 0.717) is 12.5 Å². The topological polar surface area (TPSA) is 50.1 Å². The molecule has 3 nitrogen and oxygen atoms in total. The number of nitriles is 1. The molecule has 0 aromatic rings. The van der Waals surface area contributed by atoms with Crippen LogP contribution in [0, 0.1) is 23.2 Å². The molecule has 76 valence electrons. The fourth-order valence-corrected chi connectivity index (χ4v) is 1.81. The Bertz CT molecular complexity index is 288. The van der Waals surface area contributed by atoms with Crippen molar-refractivity contribution in [3.63, 3.8) is 0 Å². The molecule has 1 aliphatic rings. The maximum Gasteiger partial charge on any atom is 0.330 e. The third-order valence-corrected chi connectivity index (χ3v) is 2.42. The Balaban J connectivity index is 2.67. The molecule has 0 aromatic carbocycles. The predicted molar refractivity (Wildman–Crippen MR) is 52.2 cm³/mol. The number of allylic oxidation sites excluding steroid dienone is 1. The van der Waals surface area contributed by atoms with Crippen molar-refractivity contribution in [3.05, 3.63) is 11.6 Å². The summed E-state index contributed by atoms with van der Waals surface area (Å²) in [7, 11) is 0. The number of nitrogens with zero attached hydrogens (tertiary/aromatic N) is 1. The van der Waals surface area contributed by atoms with E-state index >= 15 is 0 Å². The van der Waals surface area contributed by atoms with E-state index in [-0.39, 0.29) is 11.9 Å². The van der Waals surface area contributed by atoms with E-state index < -0.39 is 0 Å². The van der Waals surface area contributed by atoms with Gasteiger partial charge >= 0.3 is 5.97 Å². The summed E-state index contributed by atoms with van der Waals surface area (Å²) in [6, 6.07) is 2.22. The number of hydrogen-bond acceptors (Lipinski definition) is 3. The average Bonchev–Trinajstić information content (AvgIpc) is 2.46. The van der Waals surface area contributed by atoms with E-state index in [1.165, 1.54) is 6.08 Å². The smallest absolute Gasteiger partial charge is 0.330 e. The van der Waals surface area contributed by atoms with Crippen LogP contribution in [-0.4, -0.2) is 12.6 Å². The molecule has 2 atom stereocenters. The SMILES string of the molecule is CCOC(=O)C=C1CC(C)C[C@H]1C#N. The molecule has 0 spiro atoms. The van der Waals surface area contributed by atoms with Gasteiger partial charge in [0.25, 0.3) is 0 Å². The molecule has 0 aromatic heterocycles. The van der Waals surface area contributed by atoms with Crippen LogP contribution in [0.5, 0.6) is 0 Å². The summed E-state index contributed by atoms with van der Waals surface area (Å²) < 4.78 is 4.81. The van der Waals surface area contributed by atoms with Gasteiger partial charge in [-0.2, -0.15) is 5.26 Å². The second kappa shape index (κ2) is 4.80. The molecule has 0 saturated heterocycles. The van der Waals surface area contributed by atoms with Gasteiger partial charge in [0, 0.05) is 6.08 Å². The van der Waals surface area contributed by atoms with Crippen LogP contribution >= 0.6 is 0 Å². The summed E-state index contributed by atoms with van der Waals surface area (Å²) in [6.45, 7) is 4.25. The highest BCUT2D eigenvalue weighted by molar-refractivity contribution is 5.83. The Kier molecular flexibility index (Phi) is 3.70. The molecule has 1 rings (SSSR count). The van der Waals surface area contributed by atoms with Gasteiger partial charge in [-0.3, -0.25) is 0 Å². The van der Waals surface area contributed by atoms with Crippen LogP contribution in [0.15, 0.2) is 11.6 Å². The van der Waals surface area contributed by atoms with Gasteiger partial charge in [-0.15, -0.1) is 0 Å². The van der Waals surface area contributed by atoms with Gasteiger partial charge in [-0.25, -0.2) is 4.79 Å². The number of carbonyl (C=O) groups excluding carboxylic acids is 1. The predicted octanol–water partition coefficient (Wildman–Crippen LogP) is 2.05. The van der Waals surface area contributed by atoms with Crippen LogP contribution in [0.2, 0.25) is 0 Å². The van der Waals surface area contributed by atoms with Crippen LogP contribution in [0.25, 0.3) is 0 Å². The molecule has 1 saturated carbocycles. The van der Waals surface area contributed by atoms with Gasteiger partial charge in [-0.1, -0.05) is 6.92 Å². The van der Waals surface area contributed by atoms with Crippen LogP contribution in [0.1, 0.15) is 26.7 Å². The van der Waals surface area contributed by atoms with Crippen molar-refractivity contribution in [3.8, 4) is 6.07 Å². The summed E-state index contributed by atoms with van der Waals surface area (Å²) >= 11 is 0. The fraction of sp³-hybridized carbons (Fsp3) is 0.636. The van der Waals surface area contributed by atoms with Crippen molar-refractivity contribution in [2.45, 2.75) is 26.7 Å². The number of hydrogen-bond donors (Lipinski definition) is 0. The van der Waals surface area contributed by atoms with Gasteiger partial charge in [0.2, 0.25) is 0 Å². The van der Waals surface area contributed by atoms with Crippen LogP contribution in [0.4, 0.5) is 0 Å². The number of esters is 1. The lowest BCUT2D eigenvalue weighted by Gasteiger charge is -2.01. The molecule has 0 N–H and O–H groups in total. The number of rotatable bonds is 2. The molecule has 1 aliphatic carbocycles. The molecule has 1 fully saturated rings. The van der Waals surface area contributed by atoms with Crippen LogP contribution in [0.3, 0.4) is 0 Å². The molecule has 0 radical (unpaired) electrons. The van der Waals surface area contributed by atoms with Crippen molar-refractivity contribution in [2.75, 3.05) is 6.61 Å². The van der Waals surface area contributed by atoms with Gasteiger partial charge in [-0.05, 0) is 31.3 Å². The zero-order valence-corrected chi connectivity index (χ0v) is 8.62. The highest BCUT2D eigenvalue weighted by Gasteiger charge is 2.26. The highest BCUT2D eigenvalue weighted by Crippen LogP contribution is 2.34. The number of ether oxygens (including phenoxy) is 1. The summed E-state index contributed by atoms with van der Waals surface area (Å²) in [4.78, 5) is 11.2. The Morgan fingerprint density at radius 3 is 3.07 bits per heavy atom. The first-order chi connectivity index (χ1) is 6.67. The Hall–Kier alpha value is -1.30. The minimum atomic E-state index is -0.322. The summed E-state index contributed by atoms with van der Waals surface area (Å²) in [5, 5.41) is 8.85. The molecule has 0 bridgehead atoms. The average molecular weight is 193 g/mol. The third-order valence-electron chi connectivity index (χ3n) is 2.42. The molecular weight excluding hydrogens is 178 g/mol. The minimum Gasteiger partial charge on any atom is -0.463 e. The second-order valence-electron chi connectivity index (χ2n) is 3.70. The first-order valence-electron chi connectivity index (χ1n) is 4.94. The summed E-state index contributed by atoms with van der Waals surface area (Å²) in [5.41, 5.74) is 0.929. The van der Waals surface area contributed by atoms with E-state index in [0.717, 1.165) is 18.4 Å². The molecule has 3 heteroatoms. The standard InChI is InChI=1S/C11H15NO2/c1-3-14-11(13)6-9-4-8(2)5-10(9)7-12/h6,8,10H,3-5H2,1-2H3/t8?,10-/m0/s1. The lowest BCUT2D eigenvalue weighted by Crippen LogP contribution is -2.02. The first kappa shape index (κ1) is 10.8. The largest absolute Gasteiger partial charge is 0.463 e. The van der Waals surface area contributed by atoms with Gasteiger partial charge in [0.1, 0.15) is 0 Å². The second-order valence-corrected chi connectivity index (χ2v) is 3.70. The van der Waals surface area contributed by atoms with Gasteiger partial charge < -0.3 is 4.74 Å². The molecule has 14 heavy (non-hydrogen) atoms. The first-order valence-corrected chi connectivity index (χ1v) is 4.94. The van der Waals surface area contributed by atoms with Crippen LogP contribution in [-0.2, 0) is 9.53 Å². The molecular formula is C11H15NO2. The van der Waals surface area contributed by atoms with Crippen LogP contribution < -0.4 is 0 Å². The molecule has 0 amide bonds. The van der Waals surface area contributed by atoms with Crippen molar-refractivity contribution in [1.82, 2.24) is 0 Å². The van der Waals surface area contributed by atoms with E-state index in [1.807, 2.05) is 0 Å². The maximum absolute atomic E-state index is 11.2. The third kappa shape index (κ3) is 2.59. The summed E-state index contributed by atoms with van der Waals surface area (Å²) in [6.07, 6.45) is 3.19. The Morgan fingerprint density at radius 2 is 2.50 bits per heavy atom. The van der Waals surface area contributed by atoms with E-state index in [9.17, 15) is 4.79 Å². The zero-order chi connectivity index (χ0) is 10.6. The lowest BCUT2D eigenvalue weighted by atomic mass is 10.0. The van der Waals surface area contributed by atoms with E-state index in [1.54, 1.807) is 6.92 Å². The molecule has 0 heterocycles. The molecule has 0 aliphatic heterocycles. The quantitative estimate of drug-likeness (QED) is 0.498. The van der Waals surface area contributed by atoms with Crippen molar-refractivity contribution in [2.24, 2.45) is 11.8 Å². The zero-order valence-electron chi connectivity index (χ0n) is 8.62. The van der Waals surface area contributed by atoms with Gasteiger partial charge in [0.05, 0.1) is 18.6 Å². The number of carbonyl (C=O) groups is 1. The maximum atomic E-state index is 11.2. The van der Waals surface area contributed by atoms with Crippen molar-refractivity contribution >= 4 is 5.97 Å². The lowest BCUT2D eigenvalue weighted by molar-refractivity contribution is -0.137. The normalized spacial score (nSPS) is 28.8. The van der Waals surface area contributed by atoms with Crippen molar-refractivity contribution < 1.29 is 9.53 Å². The Morgan fingerprint density at radius 1 is 1.79 bits per heavy atom. The summed E-state index contributed by atoms with van der Waals surface area (Å²) in [5.74, 6) is 0.0894. The monoisotopic (exact) mass is 193 g/mol. The van der Waals surface area contributed by atoms with Crippen molar-refractivity contribution in [1.29, 1.82) is 5.26 Å². The molecule has 1 unspecified atom stereocenters. The fourth-order valence-electron chi connectivity index (χ4n) is 1.81. The minimum absolute atomic E-state index is 0.0885. The van der Waals surface area contributed by atoms with Gasteiger partial charge in [0.15, 0.2) is 0 Å². The highest BCUT2D eigenvalue weighted by atomic mass is 16.5. The Labute approximate surface area is 84.4 Å².